The van der Waals surface area contributed by atoms with Gasteiger partial charge in [-0.05, 0) is 38.5 Å². The number of rotatable bonds is 22. The molecule has 0 rings (SSSR count). The van der Waals surface area contributed by atoms with E-state index in [1.54, 1.807) is 0 Å². The first-order chi connectivity index (χ1) is 15.5. The summed E-state index contributed by atoms with van der Waals surface area (Å²) in [7, 11) is 0. The van der Waals surface area contributed by atoms with Crippen molar-refractivity contribution in [3.8, 4) is 0 Å². The van der Waals surface area contributed by atoms with Crippen molar-refractivity contribution in [2.45, 2.75) is 136 Å². The van der Waals surface area contributed by atoms with E-state index in [1.165, 1.54) is 44.9 Å². The Balaban J connectivity index is 3.86. The van der Waals surface area contributed by atoms with Crippen molar-refractivity contribution >= 4 is 17.8 Å². The molecule has 0 aromatic heterocycles. The normalized spacial score (nSPS) is 12.8. The Bertz CT molecular complexity index is 496. The summed E-state index contributed by atoms with van der Waals surface area (Å²) >= 11 is 0. The summed E-state index contributed by atoms with van der Waals surface area (Å²) in [4.78, 5) is 35.8. The van der Waals surface area contributed by atoms with Crippen molar-refractivity contribution in [3.05, 3.63) is 0 Å². The second-order valence-corrected chi connectivity index (χ2v) is 9.07. The van der Waals surface area contributed by atoms with Crippen molar-refractivity contribution in [1.29, 1.82) is 0 Å². The molecular formula is C26H50N2O4. The van der Waals surface area contributed by atoms with E-state index in [2.05, 4.69) is 24.5 Å². The van der Waals surface area contributed by atoms with Gasteiger partial charge >= 0.3 is 5.97 Å². The second kappa shape index (κ2) is 21.3. The number of carbonyl (C=O) groups excluding carboxylic acids is 2. The number of carboxylic acid groups (broad SMARTS) is 1. The molecule has 0 bridgehead atoms. The Labute approximate surface area is 196 Å². The van der Waals surface area contributed by atoms with Gasteiger partial charge in [0.25, 0.3) is 0 Å². The van der Waals surface area contributed by atoms with Gasteiger partial charge in [0.2, 0.25) is 11.8 Å². The molecule has 1 unspecified atom stereocenters. The summed E-state index contributed by atoms with van der Waals surface area (Å²) < 4.78 is 0. The number of carboxylic acids is 1. The average Bonchev–Trinajstić information content (AvgIpc) is 2.77. The van der Waals surface area contributed by atoms with E-state index in [0.29, 0.717) is 25.8 Å². The monoisotopic (exact) mass is 454 g/mol. The van der Waals surface area contributed by atoms with Crippen LogP contribution in [0.5, 0.6) is 0 Å². The Hall–Kier alpha value is -1.59. The number of aliphatic carboxylic acids is 1. The van der Waals surface area contributed by atoms with Gasteiger partial charge in [0.05, 0.1) is 0 Å². The van der Waals surface area contributed by atoms with E-state index in [1.807, 2.05) is 6.92 Å². The van der Waals surface area contributed by atoms with Crippen LogP contribution in [0.25, 0.3) is 0 Å². The highest BCUT2D eigenvalue weighted by atomic mass is 16.4. The van der Waals surface area contributed by atoms with Gasteiger partial charge in [-0.25, -0.2) is 4.79 Å². The topological polar surface area (TPSA) is 95.5 Å². The summed E-state index contributed by atoms with van der Waals surface area (Å²) in [6.45, 7) is 6.84. The zero-order valence-electron chi connectivity index (χ0n) is 21.1. The first-order valence-corrected chi connectivity index (χ1v) is 13.3. The first-order valence-electron chi connectivity index (χ1n) is 13.3. The minimum Gasteiger partial charge on any atom is -0.480 e. The molecule has 2 amide bonds. The molecule has 0 saturated carbocycles. The molecular weight excluding hydrogens is 404 g/mol. The molecule has 0 aliphatic heterocycles. The van der Waals surface area contributed by atoms with E-state index in [4.69, 9.17) is 0 Å². The molecule has 0 spiro atoms. The number of nitrogens with one attached hydrogen (secondary N) is 2. The molecule has 0 fully saturated rings. The maximum atomic E-state index is 12.4. The SMILES string of the molecule is CCCCCCCCCCCC(=O)NCCCC[C@H](NC(=O)C(CC)CCCC)C(=O)O. The van der Waals surface area contributed by atoms with Crippen LogP contribution in [-0.4, -0.2) is 35.5 Å². The van der Waals surface area contributed by atoms with Crippen LogP contribution < -0.4 is 10.6 Å². The summed E-state index contributed by atoms with van der Waals surface area (Å²) in [5.41, 5.74) is 0. The van der Waals surface area contributed by atoms with E-state index >= 15 is 0 Å². The lowest BCUT2D eigenvalue weighted by atomic mass is 9.97. The Morgan fingerprint density at radius 3 is 1.88 bits per heavy atom. The molecule has 2 atom stereocenters. The average molecular weight is 455 g/mol. The van der Waals surface area contributed by atoms with Gasteiger partial charge in [0, 0.05) is 18.9 Å². The summed E-state index contributed by atoms with van der Waals surface area (Å²) in [6, 6.07) is -0.851. The quantitative estimate of drug-likeness (QED) is 0.175. The molecule has 188 valence electrons. The first kappa shape index (κ1) is 30.4. The van der Waals surface area contributed by atoms with E-state index < -0.39 is 12.0 Å². The highest BCUT2D eigenvalue weighted by molar-refractivity contribution is 5.84. The highest BCUT2D eigenvalue weighted by Gasteiger charge is 2.23. The van der Waals surface area contributed by atoms with Crippen molar-refractivity contribution < 1.29 is 19.5 Å². The molecule has 0 saturated heterocycles. The number of carbonyl (C=O) groups is 3. The third-order valence-corrected chi connectivity index (χ3v) is 6.13. The Kier molecular flexibility index (Phi) is 20.2. The molecule has 6 heteroatoms. The third kappa shape index (κ3) is 17.0. The van der Waals surface area contributed by atoms with Crippen LogP contribution in [0.1, 0.15) is 130 Å². The number of hydrogen-bond acceptors (Lipinski definition) is 3. The molecule has 0 aliphatic carbocycles. The van der Waals surface area contributed by atoms with Crippen LogP contribution in [0.3, 0.4) is 0 Å². The van der Waals surface area contributed by atoms with Crippen LogP contribution in [0, 0.1) is 5.92 Å². The minimum atomic E-state index is -0.988. The zero-order valence-corrected chi connectivity index (χ0v) is 21.1. The van der Waals surface area contributed by atoms with E-state index in [0.717, 1.165) is 44.9 Å². The van der Waals surface area contributed by atoms with Crippen molar-refractivity contribution in [2.24, 2.45) is 5.92 Å². The predicted octanol–water partition coefficient (Wildman–Crippen LogP) is 5.98. The van der Waals surface area contributed by atoms with Gasteiger partial charge in [0.15, 0.2) is 0 Å². The summed E-state index contributed by atoms with van der Waals surface area (Å²) in [5, 5.41) is 15.1. The van der Waals surface area contributed by atoms with Gasteiger partial charge in [-0.1, -0.05) is 85.0 Å². The third-order valence-electron chi connectivity index (χ3n) is 6.13. The lowest BCUT2D eigenvalue weighted by Crippen LogP contribution is -2.43. The van der Waals surface area contributed by atoms with Crippen LogP contribution in [0.15, 0.2) is 0 Å². The molecule has 0 aromatic carbocycles. The molecule has 6 nitrogen and oxygen atoms in total. The largest absolute Gasteiger partial charge is 0.480 e. The van der Waals surface area contributed by atoms with Crippen LogP contribution in [0.2, 0.25) is 0 Å². The fraction of sp³-hybridized carbons (Fsp3) is 0.885. The lowest BCUT2D eigenvalue weighted by molar-refractivity contribution is -0.142. The van der Waals surface area contributed by atoms with Gasteiger partial charge in [-0.2, -0.15) is 0 Å². The highest BCUT2D eigenvalue weighted by Crippen LogP contribution is 2.14. The van der Waals surface area contributed by atoms with Gasteiger partial charge in [0.1, 0.15) is 6.04 Å². The molecule has 0 radical (unpaired) electrons. The number of amides is 2. The fourth-order valence-corrected chi connectivity index (χ4v) is 3.90. The maximum absolute atomic E-state index is 12.4. The number of hydrogen-bond donors (Lipinski definition) is 3. The molecule has 0 aromatic rings. The Morgan fingerprint density at radius 1 is 0.719 bits per heavy atom. The molecule has 32 heavy (non-hydrogen) atoms. The molecule has 0 heterocycles. The predicted molar refractivity (Wildman–Crippen MR) is 132 cm³/mol. The van der Waals surface area contributed by atoms with E-state index in [-0.39, 0.29) is 17.7 Å². The minimum absolute atomic E-state index is 0.0812. The van der Waals surface area contributed by atoms with E-state index in [9.17, 15) is 19.5 Å². The summed E-state index contributed by atoms with van der Waals surface area (Å²) in [6.07, 6.45) is 17.0. The van der Waals surface area contributed by atoms with Crippen molar-refractivity contribution in [3.63, 3.8) is 0 Å². The smallest absolute Gasteiger partial charge is 0.326 e. The van der Waals surface area contributed by atoms with Gasteiger partial charge in [-0.15, -0.1) is 0 Å². The lowest BCUT2D eigenvalue weighted by Gasteiger charge is -2.19. The molecule has 0 aliphatic rings. The van der Waals surface area contributed by atoms with Crippen LogP contribution >= 0.6 is 0 Å². The summed E-state index contributed by atoms with van der Waals surface area (Å²) in [5.74, 6) is -1.17. The fourth-order valence-electron chi connectivity index (χ4n) is 3.90. The Morgan fingerprint density at radius 2 is 1.31 bits per heavy atom. The second-order valence-electron chi connectivity index (χ2n) is 9.07. The molecule has 3 N–H and O–H groups in total. The maximum Gasteiger partial charge on any atom is 0.326 e. The van der Waals surface area contributed by atoms with Crippen LogP contribution in [-0.2, 0) is 14.4 Å². The zero-order chi connectivity index (χ0) is 24.0. The van der Waals surface area contributed by atoms with Crippen LogP contribution in [0.4, 0.5) is 0 Å². The van der Waals surface area contributed by atoms with Gasteiger partial charge in [-0.3, -0.25) is 9.59 Å². The van der Waals surface area contributed by atoms with Gasteiger partial charge < -0.3 is 15.7 Å². The van der Waals surface area contributed by atoms with Crippen molar-refractivity contribution in [1.82, 2.24) is 10.6 Å². The van der Waals surface area contributed by atoms with Crippen molar-refractivity contribution in [2.75, 3.05) is 6.54 Å². The standard InChI is InChI=1S/C26H50N2O4/c1-4-7-9-10-11-12-13-14-15-20-24(29)27-21-17-16-19-23(26(31)32)28-25(30)22(6-3)18-8-5-2/h22-23H,4-21H2,1-3H3,(H,27,29)(H,28,30)(H,31,32)/t22?,23-/m0/s1. The number of unbranched alkanes of at least 4 members (excludes halogenated alkanes) is 10.